The van der Waals surface area contributed by atoms with E-state index < -0.39 is 5.82 Å². The van der Waals surface area contributed by atoms with Gasteiger partial charge in [-0.05, 0) is 68.1 Å². The zero-order valence-electron chi connectivity index (χ0n) is 11.6. The molecule has 0 fully saturated rings. The van der Waals surface area contributed by atoms with Crippen molar-refractivity contribution in [2.24, 2.45) is 0 Å². The van der Waals surface area contributed by atoms with Gasteiger partial charge in [0.25, 0.3) is 5.91 Å². The van der Waals surface area contributed by atoms with Crippen molar-refractivity contribution in [3.8, 4) is 0 Å². The highest BCUT2D eigenvalue weighted by atomic mass is 79.9. The number of hydrogen-bond acceptors (Lipinski definition) is 2. The van der Waals surface area contributed by atoms with Crippen molar-refractivity contribution in [1.29, 1.82) is 0 Å². The molecule has 0 N–H and O–H groups in total. The summed E-state index contributed by atoms with van der Waals surface area (Å²) in [7, 11) is 4.00. The van der Waals surface area contributed by atoms with Crippen LogP contribution in [0.5, 0.6) is 0 Å². The van der Waals surface area contributed by atoms with Gasteiger partial charge < -0.3 is 9.80 Å². The molecule has 5 heteroatoms. The first kappa shape index (κ1) is 16.1. The van der Waals surface area contributed by atoms with E-state index in [1.807, 2.05) is 21.0 Å². The van der Waals surface area contributed by atoms with Crippen LogP contribution in [0.4, 0.5) is 4.39 Å². The molecule has 1 rings (SSSR count). The zero-order chi connectivity index (χ0) is 14.4. The van der Waals surface area contributed by atoms with Crippen molar-refractivity contribution in [3.05, 3.63) is 34.1 Å². The molecule has 0 aliphatic rings. The van der Waals surface area contributed by atoms with Crippen LogP contribution in [0.25, 0.3) is 0 Å². The van der Waals surface area contributed by atoms with Crippen molar-refractivity contribution < 1.29 is 9.18 Å². The predicted molar refractivity (Wildman–Crippen MR) is 78.8 cm³/mol. The summed E-state index contributed by atoms with van der Waals surface area (Å²) >= 11 is 3.09. The van der Waals surface area contributed by atoms with E-state index in [-0.39, 0.29) is 5.91 Å². The molecule has 0 saturated carbocycles. The summed E-state index contributed by atoms with van der Waals surface area (Å²) in [6.07, 6.45) is 0.908. The van der Waals surface area contributed by atoms with E-state index in [1.54, 1.807) is 17.0 Å². The lowest BCUT2D eigenvalue weighted by atomic mass is 10.2. The summed E-state index contributed by atoms with van der Waals surface area (Å²) in [5.74, 6) is -0.525. The van der Waals surface area contributed by atoms with E-state index in [4.69, 9.17) is 0 Å². The molecule has 0 radical (unpaired) electrons. The van der Waals surface area contributed by atoms with Gasteiger partial charge in [-0.15, -0.1) is 0 Å². The molecule has 0 bridgehead atoms. The Morgan fingerprint density at radius 1 is 1.32 bits per heavy atom. The van der Waals surface area contributed by atoms with Crippen LogP contribution in [-0.2, 0) is 0 Å². The van der Waals surface area contributed by atoms with Gasteiger partial charge in [0, 0.05) is 18.7 Å². The molecule has 0 aromatic heterocycles. The number of nitrogens with zero attached hydrogens (tertiary/aromatic N) is 2. The molecule has 3 nitrogen and oxygen atoms in total. The number of halogens is 2. The normalized spacial score (nSPS) is 10.8. The maximum absolute atomic E-state index is 13.4. The molecule has 0 unspecified atom stereocenters. The summed E-state index contributed by atoms with van der Waals surface area (Å²) in [5.41, 5.74) is 0.396. The highest BCUT2D eigenvalue weighted by Crippen LogP contribution is 2.17. The van der Waals surface area contributed by atoms with Crippen molar-refractivity contribution in [2.75, 3.05) is 33.7 Å². The van der Waals surface area contributed by atoms with E-state index >= 15 is 0 Å². The average molecular weight is 331 g/mol. The molecule has 1 aromatic rings. The standard InChI is InChI=1S/C14H20BrFN2O/c1-4-18(9-5-8-17(2)3)14(19)11-6-7-12(15)13(16)10-11/h6-7,10H,4-5,8-9H2,1-3H3. The van der Waals surface area contributed by atoms with Gasteiger partial charge in [0.2, 0.25) is 0 Å². The lowest BCUT2D eigenvalue weighted by Gasteiger charge is -2.22. The Morgan fingerprint density at radius 3 is 2.53 bits per heavy atom. The van der Waals surface area contributed by atoms with Gasteiger partial charge in [0.1, 0.15) is 5.82 Å². The smallest absolute Gasteiger partial charge is 0.253 e. The fourth-order valence-corrected chi connectivity index (χ4v) is 2.04. The van der Waals surface area contributed by atoms with E-state index in [0.717, 1.165) is 13.0 Å². The molecule has 0 saturated heterocycles. The average Bonchev–Trinajstić information content (AvgIpc) is 2.37. The Hall–Kier alpha value is -0.940. The Morgan fingerprint density at radius 2 is 2.00 bits per heavy atom. The van der Waals surface area contributed by atoms with Gasteiger partial charge in [-0.25, -0.2) is 4.39 Å². The third kappa shape index (κ3) is 4.91. The second kappa shape index (κ2) is 7.60. The van der Waals surface area contributed by atoms with E-state index in [9.17, 15) is 9.18 Å². The minimum Gasteiger partial charge on any atom is -0.339 e. The number of carbonyl (C=O) groups excluding carboxylic acids is 1. The lowest BCUT2D eigenvalue weighted by molar-refractivity contribution is 0.0758. The van der Waals surface area contributed by atoms with Crippen LogP contribution < -0.4 is 0 Å². The second-order valence-corrected chi connectivity index (χ2v) is 5.52. The van der Waals surface area contributed by atoms with Crippen molar-refractivity contribution in [2.45, 2.75) is 13.3 Å². The number of rotatable bonds is 6. The SMILES string of the molecule is CCN(CCCN(C)C)C(=O)c1ccc(Br)c(F)c1. The summed E-state index contributed by atoms with van der Waals surface area (Å²) < 4.78 is 13.8. The van der Waals surface area contributed by atoms with Crippen LogP contribution in [0.2, 0.25) is 0 Å². The maximum atomic E-state index is 13.4. The van der Waals surface area contributed by atoms with Gasteiger partial charge in [-0.1, -0.05) is 0 Å². The number of hydrogen-bond donors (Lipinski definition) is 0. The molecule has 106 valence electrons. The van der Waals surface area contributed by atoms with Crippen molar-refractivity contribution in [3.63, 3.8) is 0 Å². The number of amides is 1. The molecule has 1 amide bonds. The first-order valence-electron chi connectivity index (χ1n) is 6.34. The van der Waals surface area contributed by atoms with E-state index in [1.165, 1.54) is 6.07 Å². The Bertz CT molecular complexity index is 437. The third-order valence-electron chi connectivity index (χ3n) is 2.87. The monoisotopic (exact) mass is 330 g/mol. The summed E-state index contributed by atoms with van der Waals surface area (Å²) in [6.45, 7) is 4.18. The molecule has 0 spiro atoms. The molecule has 19 heavy (non-hydrogen) atoms. The van der Waals surface area contributed by atoms with Crippen LogP contribution in [0.3, 0.4) is 0 Å². The minimum absolute atomic E-state index is 0.118. The minimum atomic E-state index is -0.407. The van der Waals surface area contributed by atoms with Gasteiger partial charge in [-0.2, -0.15) is 0 Å². The third-order valence-corrected chi connectivity index (χ3v) is 3.51. The molecular weight excluding hydrogens is 311 g/mol. The fraction of sp³-hybridized carbons (Fsp3) is 0.500. The first-order chi connectivity index (χ1) is 8.95. The Labute approximate surface area is 122 Å². The summed E-state index contributed by atoms with van der Waals surface area (Å²) in [6, 6.07) is 4.49. The van der Waals surface area contributed by atoms with Crippen LogP contribution >= 0.6 is 15.9 Å². The molecule has 0 heterocycles. The Balaban J connectivity index is 2.69. The van der Waals surface area contributed by atoms with E-state index in [0.29, 0.717) is 23.1 Å². The second-order valence-electron chi connectivity index (χ2n) is 4.67. The van der Waals surface area contributed by atoms with Crippen LogP contribution in [0, 0.1) is 5.82 Å². The quantitative estimate of drug-likeness (QED) is 0.800. The zero-order valence-corrected chi connectivity index (χ0v) is 13.2. The molecular formula is C14H20BrFN2O. The highest BCUT2D eigenvalue weighted by Gasteiger charge is 2.15. The van der Waals surface area contributed by atoms with Crippen molar-refractivity contribution in [1.82, 2.24) is 9.80 Å². The molecule has 0 atom stereocenters. The van der Waals surface area contributed by atoms with Gasteiger partial charge >= 0.3 is 0 Å². The van der Waals surface area contributed by atoms with Crippen LogP contribution in [-0.4, -0.2) is 49.4 Å². The maximum Gasteiger partial charge on any atom is 0.253 e. The number of benzene rings is 1. The van der Waals surface area contributed by atoms with Crippen LogP contribution in [0.1, 0.15) is 23.7 Å². The fourth-order valence-electron chi connectivity index (χ4n) is 1.79. The molecule has 0 aliphatic carbocycles. The molecule has 0 aliphatic heterocycles. The van der Waals surface area contributed by atoms with Gasteiger partial charge in [0.15, 0.2) is 0 Å². The number of carbonyl (C=O) groups is 1. The Kier molecular flexibility index (Phi) is 6.45. The van der Waals surface area contributed by atoms with Gasteiger partial charge in [-0.3, -0.25) is 4.79 Å². The van der Waals surface area contributed by atoms with Gasteiger partial charge in [0.05, 0.1) is 4.47 Å². The summed E-state index contributed by atoms with van der Waals surface area (Å²) in [5, 5.41) is 0. The van der Waals surface area contributed by atoms with E-state index in [2.05, 4.69) is 20.8 Å². The molecule has 1 aromatic carbocycles. The van der Waals surface area contributed by atoms with Crippen molar-refractivity contribution >= 4 is 21.8 Å². The largest absolute Gasteiger partial charge is 0.339 e. The van der Waals surface area contributed by atoms with Crippen LogP contribution in [0.15, 0.2) is 22.7 Å². The topological polar surface area (TPSA) is 23.6 Å². The predicted octanol–water partition coefficient (Wildman–Crippen LogP) is 3.00. The lowest BCUT2D eigenvalue weighted by Crippen LogP contribution is -2.33. The first-order valence-corrected chi connectivity index (χ1v) is 7.14. The highest BCUT2D eigenvalue weighted by molar-refractivity contribution is 9.10. The summed E-state index contributed by atoms with van der Waals surface area (Å²) in [4.78, 5) is 16.1.